The Morgan fingerprint density at radius 1 is 1.41 bits per heavy atom. The molecule has 1 N–H and O–H groups in total. The van der Waals surface area contributed by atoms with Crippen LogP contribution < -0.4 is 0 Å². The lowest BCUT2D eigenvalue weighted by atomic mass is 10.1. The van der Waals surface area contributed by atoms with Crippen LogP contribution in [0.4, 0.5) is 0 Å². The Bertz CT molecular complexity index is 979. The van der Waals surface area contributed by atoms with Gasteiger partial charge < -0.3 is 19.2 Å². The van der Waals surface area contributed by atoms with Crippen LogP contribution in [0.3, 0.4) is 0 Å². The highest BCUT2D eigenvalue weighted by Gasteiger charge is 2.35. The van der Waals surface area contributed by atoms with Gasteiger partial charge in [0.2, 0.25) is 0 Å². The first-order valence-corrected chi connectivity index (χ1v) is 10.3. The smallest absolute Gasteiger partial charge is 0.311 e. The number of nitrogens with zero attached hydrogens (tertiary/aromatic N) is 1. The van der Waals surface area contributed by atoms with Crippen molar-refractivity contribution in [1.82, 2.24) is 4.90 Å². The zero-order chi connectivity index (χ0) is 19.8. The summed E-state index contributed by atoms with van der Waals surface area (Å²) in [4.78, 5) is 26.0. The van der Waals surface area contributed by atoms with Crippen molar-refractivity contribution in [2.75, 3.05) is 18.6 Å². The monoisotopic (exact) mass is 395 g/mol. The van der Waals surface area contributed by atoms with Crippen LogP contribution in [0.2, 0.25) is 0 Å². The van der Waals surface area contributed by atoms with Crippen molar-refractivity contribution in [1.29, 1.82) is 0 Å². The van der Waals surface area contributed by atoms with Crippen LogP contribution in [0.5, 0.6) is 5.75 Å². The van der Waals surface area contributed by atoms with E-state index in [0.29, 0.717) is 23.0 Å². The van der Waals surface area contributed by atoms with E-state index in [4.69, 9.17) is 9.15 Å². The standard InChI is InChI=1S/C18H21NO7S/c1-11(18(22)19(2)13-5-6-27(23,24)10-13)26-17(21)7-12-9-25-16-8-14(20)3-4-15(12)16/h3-4,8-9,11,13,20H,5-7,10H2,1-2H3/t11-,13+/m0/s1. The maximum absolute atomic E-state index is 12.4. The number of hydrogen-bond acceptors (Lipinski definition) is 7. The third-order valence-electron chi connectivity index (χ3n) is 4.73. The highest BCUT2D eigenvalue weighted by Crippen LogP contribution is 2.25. The molecule has 1 amide bonds. The normalized spacial score (nSPS) is 19.7. The van der Waals surface area contributed by atoms with Gasteiger partial charge in [-0.1, -0.05) is 0 Å². The highest BCUT2D eigenvalue weighted by atomic mass is 32.2. The number of amides is 1. The SMILES string of the molecule is C[C@H](OC(=O)Cc1coc2cc(O)ccc12)C(=O)N(C)[C@@H]1CCS(=O)(=O)C1. The molecular formula is C18H21NO7S. The van der Waals surface area contributed by atoms with Crippen molar-refractivity contribution in [2.24, 2.45) is 0 Å². The number of phenolic OH excluding ortho intramolecular Hbond substituents is 1. The van der Waals surface area contributed by atoms with Crippen LogP contribution >= 0.6 is 0 Å². The van der Waals surface area contributed by atoms with Gasteiger partial charge in [-0.05, 0) is 25.5 Å². The number of fused-ring (bicyclic) bond motifs is 1. The Labute approximate surface area is 156 Å². The lowest BCUT2D eigenvalue weighted by molar-refractivity contribution is -0.158. The van der Waals surface area contributed by atoms with Gasteiger partial charge in [0.05, 0.1) is 24.2 Å². The Balaban J connectivity index is 1.60. The summed E-state index contributed by atoms with van der Waals surface area (Å²) in [6.45, 7) is 1.46. The number of carbonyl (C=O) groups is 2. The van der Waals surface area contributed by atoms with Gasteiger partial charge in [0, 0.05) is 30.1 Å². The number of furan rings is 1. The second kappa shape index (κ2) is 7.22. The van der Waals surface area contributed by atoms with Gasteiger partial charge in [0.15, 0.2) is 15.9 Å². The van der Waals surface area contributed by atoms with Crippen LogP contribution in [0, 0.1) is 0 Å². The number of aromatic hydroxyl groups is 1. The van der Waals surface area contributed by atoms with E-state index in [9.17, 15) is 23.1 Å². The maximum Gasteiger partial charge on any atom is 0.311 e. The molecule has 2 heterocycles. The number of sulfone groups is 1. The predicted octanol–water partition coefficient (Wildman–Crippen LogP) is 1.26. The molecule has 0 aliphatic carbocycles. The van der Waals surface area contributed by atoms with Crippen LogP contribution in [0.25, 0.3) is 11.0 Å². The number of hydrogen-bond donors (Lipinski definition) is 1. The van der Waals surface area contributed by atoms with Crippen molar-refractivity contribution < 1.29 is 32.3 Å². The van der Waals surface area contributed by atoms with E-state index in [1.165, 1.54) is 37.3 Å². The summed E-state index contributed by atoms with van der Waals surface area (Å²) in [6.07, 6.45) is 0.691. The molecule has 1 aliphatic rings. The Morgan fingerprint density at radius 2 is 2.15 bits per heavy atom. The number of ether oxygens (including phenoxy) is 1. The fraction of sp³-hybridized carbons (Fsp3) is 0.444. The number of likely N-dealkylation sites (N-methyl/N-ethyl adjacent to an activating group) is 1. The van der Waals surface area contributed by atoms with Gasteiger partial charge in [-0.3, -0.25) is 9.59 Å². The summed E-state index contributed by atoms with van der Waals surface area (Å²) in [5, 5.41) is 10.1. The number of phenols is 1. The van der Waals surface area contributed by atoms with Gasteiger partial charge in [-0.2, -0.15) is 0 Å². The van der Waals surface area contributed by atoms with Crippen molar-refractivity contribution >= 4 is 32.7 Å². The topological polar surface area (TPSA) is 114 Å². The van der Waals surface area contributed by atoms with Crippen molar-refractivity contribution in [2.45, 2.75) is 31.9 Å². The fourth-order valence-electron chi connectivity index (χ4n) is 3.20. The zero-order valence-corrected chi connectivity index (χ0v) is 15.9. The van der Waals surface area contributed by atoms with E-state index >= 15 is 0 Å². The van der Waals surface area contributed by atoms with E-state index in [1.54, 1.807) is 6.07 Å². The average molecular weight is 395 g/mol. The lowest BCUT2D eigenvalue weighted by Gasteiger charge is -2.26. The van der Waals surface area contributed by atoms with E-state index < -0.39 is 33.9 Å². The third-order valence-corrected chi connectivity index (χ3v) is 6.48. The first kappa shape index (κ1) is 19.2. The molecule has 9 heteroatoms. The fourth-order valence-corrected chi connectivity index (χ4v) is 4.98. The quantitative estimate of drug-likeness (QED) is 0.758. The Hall–Kier alpha value is -2.55. The molecule has 3 rings (SSSR count). The molecule has 1 aromatic carbocycles. The zero-order valence-electron chi connectivity index (χ0n) is 15.0. The molecule has 1 saturated heterocycles. The molecule has 27 heavy (non-hydrogen) atoms. The number of rotatable bonds is 5. The molecule has 146 valence electrons. The average Bonchev–Trinajstić information content (AvgIpc) is 3.16. The first-order valence-electron chi connectivity index (χ1n) is 8.52. The van der Waals surface area contributed by atoms with Gasteiger partial charge >= 0.3 is 5.97 Å². The van der Waals surface area contributed by atoms with E-state index in [-0.39, 0.29) is 23.7 Å². The first-order chi connectivity index (χ1) is 12.7. The summed E-state index contributed by atoms with van der Waals surface area (Å²) >= 11 is 0. The molecule has 8 nitrogen and oxygen atoms in total. The molecule has 0 radical (unpaired) electrons. The van der Waals surface area contributed by atoms with Crippen LogP contribution in [0.15, 0.2) is 28.9 Å². The molecule has 1 fully saturated rings. The molecule has 0 unspecified atom stereocenters. The molecule has 0 bridgehead atoms. The minimum absolute atomic E-state index is 0.0576. The molecule has 2 aromatic rings. The third kappa shape index (κ3) is 4.24. The second-order valence-corrected chi connectivity index (χ2v) is 8.98. The van der Waals surface area contributed by atoms with Crippen LogP contribution in [0.1, 0.15) is 18.9 Å². The molecule has 0 saturated carbocycles. The van der Waals surface area contributed by atoms with Gasteiger partial charge in [-0.15, -0.1) is 0 Å². The summed E-state index contributed by atoms with van der Waals surface area (Å²) in [6, 6.07) is 4.18. The Morgan fingerprint density at radius 3 is 2.81 bits per heavy atom. The molecule has 0 spiro atoms. The van der Waals surface area contributed by atoms with Gasteiger partial charge in [0.25, 0.3) is 5.91 Å². The van der Waals surface area contributed by atoms with Crippen molar-refractivity contribution in [3.8, 4) is 5.75 Å². The van der Waals surface area contributed by atoms with E-state index in [2.05, 4.69) is 0 Å². The lowest BCUT2D eigenvalue weighted by Crippen LogP contribution is -2.44. The van der Waals surface area contributed by atoms with Gasteiger partial charge in [0.1, 0.15) is 11.3 Å². The van der Waals surface area contributed by atoms with E-state index in [1.807, 2.05) is 0 Å². The number of esters is 1. The summed E-state index contributed by atoms with van der Waals surface area (Å²) in [5.74, 6) is -0.982. The largest absolute Gasteiger partial charge is 0.508 e. The Kier molecular flexibility index (Phi) is 5.14. The maximum atomic E-state index is 12.4. The van der Waals surface area contributed by atoms with E-state index in [0.717, 1.165) is 0 Å². The summed E-state index contributed by atoms with van der Waals surface area (Å²) < 4.78 is 33.7. The second-order valence-electron chi connectivity index (χ2n) is 6.76. The number of carbonyl (C=O) groups excluding carboxylic acids is 2. The predicted molar refractivity (Wildman–Crippen MR) is 97.0 cm³/mol. The summed E-state index contributed by atoms with van der Waals surface area (Å²) in [5.41, 5.74) is 1.04. The minimum atomic E-state index is -3.11. The molecule has 1 aromatic heterocycles. The number of benzene rings is 1. The van der Waals surface area contributed by atoms with Crippen LogP contribution in [-0.2, 0) is 30.6 Å². The molecular weight excluding hydrogens is 374 g/mol. The minimum Gasteiger partial charge on any atom is -0.508 e. The van der Waals surface area contributed by atoms with Crippen LogP contribution in [-0.4, -0.2) is 61.0 Å². The highest BCUT2D eigenvalue weighted by molar-refractivity contribution is 7.91. The summed E-state index contributed by atoms with van der Waals surface area (Å²) in [7, 11) is -1.59. The molecule has 2 atom stereocenters. The van der Waals surface area contributed by atoms with Crippen molar-refractivity contribution in [3.63, 3.8) is 0 Å². The molecule has 1 aliphatic heterocycles. The van der Waals surface area contributed by atoms with Crippen molar-refractivity contribution in [3.05, 3.63) is 30.0 Å². The van der Waals surface area contributed by atoms with Gasteiger partial charge in [-0.25, -0.2) is 8.42 Å².